The summed E-state index contributed by atoms with van der Waals surface area (Å²) in [6, 6.07) is 13.0. The molecule has 0 spiro atoms. The largest absolute Gasteiger partial charge is 0.493 e. The van der Waals surface area contributed by atoms with E-state index >= 15 is 0 Å². The first kappa shape index (κ1) is 26.6. The number of rotatable bonds is 8. The topological polar surface area (TPSA) is 143 Å². The molecule has 11 heteroatoms. The summed E-state index contributed by atoms with van der Waals surface area (Å²) in [5.41, 5.74) is 2.34. The number of nitrogens with zero attached hydrogens (tertiary/aromatic N) is 3. The van der Waals surface area contributed by atoms with Gasteiger partial charge in [0.1, 0.15) is 0 Å². The van der Waals surface area contributed by atoms with Crippen LogP contribution in [0.15, 0.2) is 42.5 Å². The number of aliphatic carboxylic acids is 2. The number of piperazine rings is 1. The molecule has 2 aromatic rings. The zero-order valence-corrected chi connectivity index (χ0v) is 19.2. The first-order valence-electron chi connectivity index (χ1n) is 10.7. The van der Waals surface area contributed by atoms with Crippen LogP contribution >= 0.6 is 0 Å². The zero-order valence-electron chi connectivity index (χ0n) is 19.2. The summed E-state index contributed by atoms with van der Waals surface area (Å²) in [5.74, 6) is -2.11. The molecule has 1 heterocycles. The first-order chi connectivity index (χ1) is 16.2. The van der Waals surface area contributed by atoms with E-state index in [1.54, 1.807) is 19.2 Å². The Kier molecular flexibility index (Phi) is 10.2. The van der Waals surface area contributed by atoms with Crippen LogP contribution in [0.3, 0.4) is 0 Å². The molecule has 0 aromatic heterocycles. The van der Waals surface area contributed by atoms with E-state index in [2.05, 4.69) is 21.9 Å². The molecule has 11 nitrogen and oxygen atoms in total. The summed E-state index contributed by atoms with van der Waals surface area (Å²) in [6.07, 6.45) is 0. The van der Waals surface area contributed by atoms with Crippen LogP contribution in [-0.2, 0) is 22.7 Å². The number of nitro groups is 1. The van der Waals surface area contributed by atoms with E-state index in [0.29, 0.717) is 6.61 Å². The van der Waals surface area contributed by atoms with Gasteiger partial charge in [0.15, 0.2) is 11.5 Å². The molecule has 0 bridgehead atoms. The van der Waals surface area contributed by atoms with E-state index in [1.807, 2.05) is 19.1 Å². The molecule has 0 saturated carbocycles. The molecule has 2 N–H and O–H groups in total. The monoisotopic (exact) mass is 475 g/mol. The second-order valence-electron chi connectivity index (χ2n) is 7.51. The highest BCUT2D eigenvalue weighted by Crippen LogP contribution is 2.28. The number of hydrogen-bond acceptors (Lipinski definition) is 8. The number of non-ortho nitro benzene ring substituents is 1. The lowest BCUT2D eigenvalue weighted by Crippen LogP contribution is -2.45. The number of carboxylic acid groups (broad SMARTS) is 2. The highest BCUT2D eigenvalue weighted by Gasteiger charge is 2.18. The third-order valence-corrected chi connectivity index (χ3v) is 5.11. The van der Waals surface area contributed by atoms with E-state index in [9.17, 15) is 10.1 Å². The van der Waals surface area contributed by atoms with Crippen molar-refractivity contribution in [3.63, 3.8) is 0 Å². The van der Waals surface area contributed by atoms with Crippen molar-refractivity contribution in [1.82, 2.24) is 9.80 Å². The van der Waals surface area contributed by atoms with Gasteiger partial charge in [-0.05, 0) is 30.2 Å². The van der Waals surface area contributed by atoms with Crippen molar-refractivity contribution in [2.24, 2.45) is 0 Å². The van der Waals surface area contributed by atoms with E-state index in [4.69, 9.17) is 29.3 Å². The number of ether oxygens (including phenoxy) is 2. The maximum Gasteiger partial charge on any atom is 0.414 e. The molecule has 1 aliphatic rings. The highest BCUT2D eigenvalue weighted by atomic mass is 16.6. The van der Waals surface area contributed by atoms with Gasteiger partial charge in [-0.2, -0.15) is 0 Å². The molecular weight excluding hydrogens is 446 g/mol. The van der Waals surface area contributed by atoms with Crippen molar-refractivity contribution in [3.05, 3.63) is 63.7 Å². The minimum atomic E-state index is -1.82. The average molecular weight is 475 g/mol. The number of carbonyl (C=O) groups is 2. The Balaban J connectivity index is 0.000000604. The van der Waals surface area contributed by atoms with Gasteiger partial charge < -0.3 is 19.7 Å². The van der Waals surface area contributed by atoms with Crippen LogP contribution in [0.2, 0.25) is 0 Å². The third-order valence-electron chi connectivity index (χ3n) is 5.11. The number of benzene rings is 2. The normalized spacial score (nSPS) is 13.9. The lowest BCUT2D eigenvalue weighted by Gasteiger charge is -2.34. The van der Waals surface area contributed by atoms with Crippen molar-refractivity contribution in [2.75, 3.05) is 39.9 Å². The fourth-order valence-corrected chi connectivity index (χ4v) is 3.48. The minimum Gasteiger partial charge on any atom is -0.493 e. The van der Waals surface area contributed by atoms with Crippen LogP contribution in [0.25, 0.3) is 0 Å². The molecule has 184 valence electrons. The van der Waals surface area contributed by atoms with Crippen molar-refractivity contribution in [1.29, 1.82) is 0 Å². The van der Waals surface area contributed by atoms with Gasteiger partial charge in [0.2, 0.25) is 0 Å². The van der Waals surface area contributed by atoms with Gasteiger partial charge in [-0.25, -0.2) is 9.59 Å². The summed E-state index contributed by atoms with van der Waals surface area (Å²) in [5, 5.41) is 25.7. The summed E-state index contributed by atoms with van der Waals surface area (Å²) in [4.78, 5) is 33.6. The summed E-state index contributed by atoms with van der Waals surface area (Å²) < 4.78 is 11.0. The first-order valence-corrected chi connectivity index (χ1v) is 10.7. The zero-order chi connectivity index (χ0) is 25.1. The highest BCUT2D eigenvalue weighted by molar-refractivity contribution is 6.27. The number of nitro benzene ring substituents is 1. The van der Waals surface area contributed by atoms with Crippen LogP contribution in [-0.4, -0.2) is 76.8 Å². The smallest absolute Gasteiger partial charge is 0.414 e. The van der Waals surface area contributed by atoms with Gasteiger partial charge in [-0.1, -0.05) is 18.2 Å². The van der Waals surface area contributed by atoms with Crippen LogP contribution in [0.1, 0.15) is 18.1 Å². The molecule has 0 aliphatic carbocycles. The molecule has 1 fully saturated rings. The fraction of sp³-hybridized carbons (Fsp3) is 0.391. The Morgan fingerprint density at radius 2 is 1.50 bits per heavy atom. The lowest BCUT2D eigenvalue weighted by molar-refractivity contribution is -0.384. The van der Waals surface area contributed by atoms with Crippen LogP contribution in [0.4, 0.5) is 5.69 Å². The van der Waals surface area contributed by atoms with E-state index in [1.165, 1.54) is 11.6 Å². The Labute approximate surface area is 197 Å². The Bertz CT molecular complexity index is 978. The maximum atomic E-state index is 10.9. The van der Waals surface area contributed by atoms with E-state index in [-0.39, 0.29) is 10.6 Å². The van der Waals surface area contributed by atoms with E-state index in [0.717, 1.165) is 56.3 Å². The molecule has 0 amide bonds. The van der Waals surface area contributed by atoms with Crippen molar-refractivity contribution >= 4 is 17.6 Å². The molecule has 2 aromatic carbocycles. The number of methoxy groups -OCH3 is 1. The molecule has 1 aliphatic heterocycles. The summed E-state index contributed by atoms with van der Waals surface area (Å²) in [7, 11) is 1.65. The van der Waals surface area contributed by atoms with Gasteiger partial charge in [-0.3, -0.25) is 19.9 Å². The SMILES string of the molecule is CCOc1cc(CN2CCN(Cc3cccc([N+](=O)[O-])c3)CC2)ccc1OC.O=C(O)C(=O)O. The van der Waals surface area contributed by atoms with Gasteiger partial charge >= 0.3 is 11.9 Å². The van der Waals surface area contributed by atoms with E-state index < -0.39 is 11.9 Å². The van der Waals surface area contributed by atoms with Gasteiger partial charge in [0.25, 0.3) is 5.69 Å². The third kappa shape index (κ3) is 8.34. The lowest BCUT2D eigenvalue weighted by atomic mass is 10.1. The number of hydrogen-bond donors (Lipinski definition) is 2. The standard InChI is InChI=1S/C21H27N3O4.C2H2O4/c1-3-28-21-14-18(7-8-20(21)27-2)16-23-11-9-22(10-12-23)15-17-5-4-6-19(13-17)24(25)26;3-1(4)2(5)6/h4-8,13-14H,3,9-12,15-16H2,1-2H3;(H,3,4)(H,5,6). The fourth-order valence-electron chi connectivity index (χ4n) is 3.48. The maximum absolute atomic E-state index is 10.9. The van der Waals surface area contributed by atoms with Crippen LogP contribution in [0.5, 0.6) is 11.5 Å². The Morgan fingerprint density at radius 3 is 1.97 bits per heavy atom. The van der Waals surface area contributed by atoms with Crippen LogP contribution < -0.4 is 9.47 Å². The predicted molar refractivity (Wildman–Crippen MR) is 123 cm³/mol. The Hall–Kier alpha value is -3.70. The minimum absolute atomic E-state index is 0.153. The summed E-state index contributed by atoms with van der Waals surface area (Å²) >= 11 is 0. The van der Waals surface area contributed by atoms with Crippen molar-refractivity contribution in [2.45, 2.75) is 20.0 Å². The molecule has 0 unspecified atom stereocenters. The van der Waals surface area contributed by atoms with Crippen molar-refractivity contribution < 1.29 is 34.2 Å². The molecule has 0 radical (unpaired) electrons. The summed E-state index contributed by atoms with van der Waals surface area (Å²) in [6.45, 7) is 7.99. The Morgan fingerprint density at radius 1 is 0.941 bits per heavy atom. The van der Waals surface area contributed by atoms with Gasteiger partial charge in [0, 0.05) is 51.4 Å². The molecule has 3 rings (SSSR count). The quantitative estimate of drug-likeness (QED) is 0.332. The average Bonchev–Trinajstić information content (AvgIpc) is 2.81. The van der Waals surface area contributed by atoms with Crippen LogP contribution in [0, 0.1) is 10.1 Å². The molecule has 34 heavy (non-hydrogen) atoms. The van der Waals surface area contributed by atoms with Gasteiger partial charge in [-0.15, -0.1) is 0 Å². The van der Waals surface area contributed by atoms with Crippen molar-refractivity contribution in [3.8, 4) is 11.5 Å². The molecular formula is C23H29N3O8. The second kappa shape index (κ2) is 13.1. The molecule has 1 saturated heterocycles. The van der Waals surface area contributed by atoms with Gasteiger partial charge in [0.05, 0.1) is 18.6 Å². The predicted octanol–water partition coefficient (Wildman–Crippen LogP) is 2.48. The number of carboxylic acids is 2. The second-order valence-corrected chi connectivity index (χ2v) is 7.51. The molecule has 0 atom stereocenters.